The highest BCUT2D eigenvalue weighted by Crippen LogP contribution is 2.25. The predicted molar refractivity (Wildman–Crippen MR) is 43.9 cm³/mol. The van der Waals surface area contributed by atoms with Gasteiger partial charge in [0.25, 0.3) is 0 Å². The van der Waals surface area contributed by atoms with Gasteiger partial charge < -0.3 is 5.11 Å². The van der Waals surface area contributed by atoms with Crippen LogP contribution in [0.5, 0.6) is 0 Å². The normalized spacial score (nSPS) is 12.5. The zero-order valence-electron chi connectivity index (χ0n) is 7.70. The van der Waals surface area contributed by atoms with Crippen LogP contribution in [0, 0.1) is 5.41 Å². The van der Waals surface area contributed by atoms with Crippen molar-refractivity contribution in [2.24, 2.45) is 5.41 Å². The maximum atomic E-state index is 10.9. The van der Waals surface area contributed by atoms with Gasteiger partial charge in [-0.3, -0.25) is 4.89 Å². The summed E-state index contributed by atoms with van der Waals surface area (Å²) in [6.45, 7) is 4.91. The van der Waals surface area contributed by atoms with Crippen molar-refractivity contribution in [1.82, 2.24) is 0 Å². The van der Waals surface area contributed by atoms with Crippen LogP contribution in [0.4, 0.5) is 0 Å². The molecule has 0 radical (unpaired) electrons. The lowest BCUT2D eigenvalue weighted by atomic mass is 9.86. The molecule has 0 unspecified atom stereocenters. The van der Waals surface area contributed by atoms with Crippen molar-refractivity contribution in [1.29, 1.82) is 0 Å². The highest BCUT2D eigenvalue weighted by molar-refractivity contribution is 5.96. The summed E-state index contributed by atoms with van der Waals surface area (Å²) in [6, 6.07) is 0. The van der Waals surface area contributed by atoms with Gasteiger partial charge in [-0.05, 0) is 5.41 Å². The zero-order chi connectivity index (χ0) is 10.6. The smallest absolute Gasteiger partial charge is 0.369 e. The van der Waals surface area contributed by atoms with Gasteiger partial charge in [-0.2, -0.15) is 5.26 Å². The first kappa shape index (κ1) is 11.6. The van der Waals surface area contributed by atoms with Gasteiger partial charge in [0, 0.05) is 6.08 Å². The molecule has 0 aromatic heterocycles. The Hall–Kier alpha value is -1.36. The number of carboxylic acid groups (broad SMARTS) is 1. The number of carbonyl (C=O) groups is 2. The molecule has 0 amide bonds. The number of hydrogen-bond donors (Lipinski definition) is 2. The molecule has 0 atom stereocenters. The van der Waals surface area contributed by atoms with E-state index in [9.17, 15) is 9.59 Å². The number of carbonyl (C=O) groups excluding carboxylic acids is 1. The molecule has 5 nitrogen and oxygen atoms in total. The van der Waals surface area contributed by atoms with Gasteiger partial charge in [0.1, 0.15) is 0 Å². The lowest BCUT2D eigenvalue weighted by Crippen LogP contribution is -2.20. The maximum absolute atomic E-state index is 10.9. The van der Waals surface area contributed by atoms with E-state index in [2.05, 4.69) is 4.89 Å². The Morgan fingerprint density at radius 3 is 2.00 bits per heavy atom. The van der Waals surface area contributed by atoms with Gasteiger partial charge >= 0.3 is 11.9 Å². The molecular formula is C8H12O5. The number of carboxylic acids is 1. The van der Waals surface area contributed by atoms with Gasteiger partial charge in [0.2, 0.25) is 0 Å². The molecule has 0 aliphatic rings. The van der Waals surface area contributed by atoms with E-state index in [0.29, 0.717) is 0 Å². The molecule has 74 valence electrons. The quantitative estimate of drug-likeness (QED) is 0.384. The van der Waals surface area contributed by atoms with Crippen LogP contribution in [0.2, 0.25) is 0 Å². The van der Waals surface area contributed by atoms with Crippen LogP contribution in [-0.4, -0.2) is 22.3 Å². The van der Waals surface area contributed by atoms with E-state index >= 15 is 0 Å². The zero-order valence-corrected chi connectivity index (χ0v) is 7.70. The molecule has 0 aliphatic carbocycles. The van der Waals surface area contributed by atoms with Crippen molar-refractivity contribution < 1.29 is 24.8 Å². The Labute approximate surface area is 75.6 Å². The minimum absolute atomic E-state index is 0.0949. The SMILES string of the molecule is CC(C)(C)/C(=C/C(=O)O)C(=O)OO. The molecule has 0 bridgehead atoms. The van der Waals surface area contributed by atoms with Crippen LogP contribution in [0.15, 0.2) is 11.6 Å². The first-order chi connectivity index (χ1) is 5.79. The second-order valence-corrected chi connectivity index (χ2v) is 3.52. The van der Waals surface area contributed by atoms with Crippen LogP contribution in [0.25, 0.3) is 0 Å². The summed E-state index contributed by atoms with van der Waals surface area (Å²) in [5, 5.41) is 16.5. The van der Waals surface area contributed by atoms with E-state index in [0.717, 1.165) is 6.08 Å². The van der Waals surface area contributed by atoms with Crippen LogP contribution in [0.1, 0.15) is 20.8 Å². The Morgan fingerprint density at radius 2 is 1.77 bits per heavy atom. The van der Waals surface area contributed by atoms with Crippen molar-refractivity contribution >= 4 is 11.9 Å². The van der Waals surface area contributed by atoms with E-state index in [1.807, 2.05) is 0 Å². The Kier molecular flexibility index (Phi) is 3.62. The summed E-state index contributed by atoms with van der Waals surface area (Å²) in [7, 11) is 0. The van der Waals surface area contributed by atoms with Crippen molar-refractivity contribution in [3.8, 4) is 0 Å². The second-order valence-electron chi connectivity index (χ2n) is 3.52. The molecule has 0 aromatic rings. The van der Waals surface area contributed by atoms with E-state index in [-0.39, 0.29) is 5.57 Å². The molecule has 0 aliphatic heterocycles. The third kappa shape index (κ3) is 3.71. The lowest BCUT2D eigenvalue weighted by molar-refractivity contribution is -0.230. The summed E-state index contributed by atoms with van der Waals surface area (Å²) >= 11 is 0. The van der Waals surface area contributed by atoms with E-state index in [1.165, 1.54) is 0 Å². The third-order valence-electron chi connectivity index (χ3n) is 1.38. The molecule has 0 saturated heterocycles. The number of rotatable bonds is 2. The molecule has 0 aromatic carbocycles. The van der Waals surface area contributed by atoms with Gasteiger partial charge in [-0.25, -0.2) is 9.59 Å². The second kappa shape index (κ2) is 4.04. The van der Waals surface area contributed by atoms with Crippen molar-refractivity contribution in [2.45, 2.75) is 20.8 Å². The highest BCUT2D eigenvalue weighted by atomic mass is 17.1. The fourth-order valence-corrected chi connectivity index (χ4v) is 0.754. The van der Waals surface area contributed by atoms with Crippen molar-refractivity contribution in [3.63, 3.8) is 0 Å². The Balaban J connectivity index is 4.99. The molecule has 5 heteroatoms. The molecule has 0 fully saturated rings. The maximum Gasteiger partial charge on any atom is 0.369 e. The molecule has 0 saturated carbocycles. The first-order valence-corrected chi connectivity index (χ1v) is 3.60. The average molecular weight is 188 g/mol. The molecule has 2 N–H and O–H groups in total. The summed E-state index contributed by atoms with van der Waals surface area (Å²) < 4.78 is 0. The van der Waals surface area contributed by atoms with Crippen molar-refractivity contribution in [3.05, 3.63) is 11.6 Å². The largest absolute Gasteiger partial charge is 0.478 e. The fraction of sp³-hybridized carbons (Fsp3) is 0.500. The highest BCUT2D eigenvalue weighted by Gasteiger charge is 2.26. The van der Waals surface area contributed by atoms with Gasteiger partial charge in [0.05, 0.1) is 5.57 Å². The van der Waals surface area contributed by atoms with Gasteiger partial charge in [-0.1, -0.05) is 20.8 Å². The standard InChI is InChI=1S/C8H12O5/c1-8(2,3)5(4-6(9)10)7(11)13-12/h4,12H,1-3H3,(H,9,10)/b5-4+. The minimum atomic E-state index is -1.25. The Bertz CT molecular complexity index is 246. The average Bonchev–Trinajstić information content (AvgIpc) is 1.96. The van der Waals surface area contributed by atoms with Crippen molar-refractivity contribution in [2.75, 3.05) is 0 Å². The van der Waals surface area contributed by atoms with E-state index in [1.54, 1.807) is 20.8 Å². The fourth-order valence-electron chi connectivity index (χ4n) is 0.754. The van der Waals surface area contributed by atoms with Gasteiger partial charge in [-0.15, -0.1) is 0 Å². The summed E-state index contributed by atoms with van der Waals surface area (Å²) in [5.74, 6) is -2.30. The molecule has 0 spiro atoms. The molecule has 0 heterocycles. The first-order valence-electron chi connectivity index (χ1n) is 3.60. The number of aliphatic carboxylic acids is 1. The third-order valence-corrected chi connectivity index (χ3v) is 1.38. The molecule has 13 heavy (non-hydrogen) atoms. The minimum Gasteiger partial charge on any atom is -0.478 e. The van der Waals surface area contributed by atoms with Crippen LogP contribution >= 0.6 is 0 Å². The van der Waals surface area contributed by atoms with E-state index in [4.69, 9.17) is 10.4 Å². The van der Waals surface area contributed by atoms with Crippen LogP contribution < -0.4 is 0 Å². The van der Waals surface area contributed by atoms with Crippen LogP contribution in [0.3, 0.4) is 0 Å². The topological polar surface area (TPSA) is 83.8 Å². The summed E-state index contributed by atoms with van der Waals surface area (Å²) in [6.07, 6.45) is 0.721. The van der Waals surface area contributed by atoms with E-state index < -0.39 is 17.4 Å². The van der Waals surface area contributed by atoms with Gasteiger partial charge in [0.15, 0.2) is 0 Å². The lowest BCUT2D eigenvalue weighted by Gasteiger charge is -2.18. The molecular weight excluding hydrogens is 176 g/mol. The predicted octanol–water partition coefficient (Wildman–Crippen LogP) is 1.06. The number of hydrogen-bond acceptors (Lipinski definition) is 4. The molecule has 0 rings (SSSR count). The summed E-state index contributed by atoms with van der Waals surface area (Å²) in [5.41, 5.74) is -0.777. The monoisotopic (exact) mass is 188 g/mol. The van der Waals surface area contributed by atoms with Crippen LogP contribution in [-0.2, 0) is 14.5 Å². The summed E-state index contributed by atoms with van der Waals surface area (Å²) in [4.78, 5) is 24.7. The Morgan fingerprint density at radius 1 is 1.31 bits per heavy atom.